The number of carboxylic acids is 1. The number of benzene rings is 1. The zero-order chi connectivity index (χ0) is 15.4. The first-order valence-corrected chi connectivity index (χ1v) is 6.57. The van der Waals surface area contributed by atoms with Crippen LogP contribution in [0.2, 0.25) is 5.02 Å². The summed E-state index contributed by atoms with van der Waals surface area (Å²) < 4.78 is 0. The van der Waals surface area contributed by atoms with Crippen LogP contribution < -0.4 is 5.32 Å². The van der Waals surface area contributed by atoms with Crippen molar-refractivity contribution >= 4 is 23.5 Å². The third-order valence-electron chi connectivity index (χ3n) is 2.89. The fraction of sp³-hybridized carbons (Fsp3) is 0.133. The minimum Gasteiger partial charge on any atom is -0.479 e. The van der Waals surface area contributed by atoms with Crippen molar-refractivity contribution in [3.05, 3.63) is 64.4 Å². The van der Waals surface area contributed by atoms with Crippen LogP contribution >= 0.6 is 11.6 Å². The number of aliphatic carboxylic acids is 1. The highest BCUT2D eigenvalue weighted by Gasteiger charge is 2.23. The fourth-order valence-corrected chi connectivity index (χ4v) is 2.13. The van der Waals surface area contributed by atoms with Gasteiger partial charge in [-0.05, 0) is 18.6 Å². The van der Waals surface area contributed by atoms with E-state index in [1.165, 1.54) is 6.20 Å². The molecular weight excluding hydrogens is 292 g/mol. The minimum absolute atomic E-state index is 0.143. The Labute approximate surface area is 126 Å². The molecule has 5 nitrogen and oxygen atoms in total. The van der Waals surface area contributed by atoms with Crippen LogP contribution in [0.15, 0.2) is 42.6 Å². The fourth-order valence-electron chi connectivity index (χ4n) is 1.84. The number of carbonyl (C=O) groups is 2. The van der Waals surface area contributed by atoms with E-state index in [2.05, 4.69) is 10.3 Å². The summed E-state index contributed by atoms with van der Waals surface area (Å²) in [6, 6.07) is 8.86. The molecule has 0 aliphatic rings. The Balaban J connectivity index is 2.25. The van der Waals surface area contributed by atoms with Gasteiger partial charge in [-0.25, -0.2) is 4.79 Å². The van der Waals surface area contributed by atoms with Gasteiger partial charge >= 0.3 is 5.97 Å². The number of nitrogens with zero attached hydrogens (tertiary/aromatic N) is 1. The molecule has 0 radical (unpaired) electrons. The van der Waals surface area contributed by atoms with Crippen LogP contribution in [0, 0.1) is 6.92 Å². The Morgan fingerprint density at radius 2 is 1.95 bits per heavy atom. The van der Waals surface area contributed by atoms with E-state index in [9.17, 15) is 14.7 Å². The minimum atomic E-state index is -1.15. The lowest BCUT2D eigenvalue weighted by molar-refractivity contribution is -0.139. The van der Waals surface area contributed by atoms with Crippen LogP contribution in [0.4, 0.5) is 0 Å². The van der Waals surface area contributed by atoms with Gasteiger partial charge in [0.2, 0.25) is 0 Å². The highest BCUT2D eigenvalue weighted by Crippen LogP contribution is 2.18. The summed E-state index contributed by atoms with van der Waals surface area (Å²) >= 11 is 5.99. The predicted molar refractivity (Wildman–Crippen MR) is 78.3 cm³/mol. The van der Waals surface area contributed by atoms with Gasteiger partial charge < -0.3 is 10.4 Å². The summed E-state index contributed by atoms with van der Waals surface area (Å²) in [5.74, 6) is -1.73. The predicted octanol–water partition coefficient (Wildman–Crippen LogP) is 2.60. The molecule has 0 aliphatic carbocycles. The first-order chi connectivity index (χ1) is 9.99. The summed E-state index contributed by atoms with van der Waals surface area (Å²) in [6.45, 7) is 1.75. The Kier molecular flexibility index (Phi) is 4.55. The third kappa shape index (κ3) is 3.58. The largest absolute Gasteiger partial charge is 0.479 e. The summed E-state index contributed by atoms with van der Waals surface area (Å²) in [4.78, 5) is 27.5. The summed E-state index contributed by atoms with van der Waals surface area (Å²) in [5.41, 5.74) is 1.30. The SMILES string of the molecule is Cc1cc(Cl)c(C(=O)N[C@H](C(=O)O)c2ccccc2)cn1. The highest BCUT2D eigenvalue weighted by molar-refractivity contribution is 6.33. The van der Waals surface area contributed by atoms with Crippen LogP contribution in [-0.2, 0) is 4.79 Å². The van der Waals surface area contributed by atoms with Gasteiger partial charge in [-0.3, -0.25) is 9.78 Å². The van der Waals surface area contributed by atoms with Gasteiger partial charge in [0.1, 0.15) is 0 Å². The monoisotopic (exact) mass is 304 g/mol. The molecule has 1 heterocycles. The van der Waals surface area contributed by atoms with E-state index < -0.39 is 17.9 Å². The highest BCUT2D eigenvalue weighted by atomic mass is 35.5. The Bertz CT molecular complexity index is 674. The molecule has 0 saturated carbocycles. The molecule has 108 valence electrons. The average Bonchev–Trinajstić information content (AvgIpc) is 2.45. The molecule has 0 bridgehead atoms. The van der Waals surface area contributed by atoms with E-state index >= 15 is 0 Å². The van der Waals surface area contributed by atoms with Crippen LogP contribution in [0.25, 0.3) is 0 Å². The number of rotatable bonds is 4. The van der Waals surface area contributed by atoms with Gasteiger partial charge in [-0.2, -0.15) is 0 Å². The number of aromatic nitrogens is 1. The molecule has 2 rings (SSSR count). The second kappa shape index (κ2) is 6.37. The molecule has 0 fully saturated rings. The van der Waals surface area contributed by atoms with Crippen molar-refractivity contribution in [2.45, 2.75) is 13.0 Å². The molecule has 21 heavy (non-hydrogen) atoms. The molecule has 1 aromatic heterocycles. The average molecular weight is 305 g/mol. The van der Waals surface area contributed by atoms with Gasteiger partial charge in [-0.1, -0.05) is 41.9 Å². The molecule has 1 amide bonds. The molecule has 1 atom stereocenters. The zero-order valence-corrected chi connectivity index (χ0v) is 12.0. The lowest BCUT2D eigenvalue weighted by atomic mass is 10.1. The first-order valence-electron chi connectivity index (χ1n) is 6.20. The maximum Gasteiger partial charge on any atom is 0.330 e. The number of aryl methyl sites for hydroxylation is 1. The summed E-state index contributed by atoms with van der Waals surface area (Å²) in [7, 11) is 0. The number of hydrogen-bond acceptors (Lipinski definition) is 3. The van der Waals surface area contributed by atoms with Gasteiger partial charge in [0.25, 0.3) is 5.91 Å². The maximum atomic E-state index is 12.2. The van der Waals surface area contributed by atoms with E-state index in [0.29, 0.717) is 11.3 Å². The standard InChI is InChI=1S/C15H13ClN2O3/c1-9-7-12(16)11(8-17-9)14(19)18-13(15(20)21)10-5-3-2-4-6-10/h2-8,13H,1H3,(H,18,19)(H,20,21)/t13-/m0/s1. The van der Waals surface area contributed by atoms with Crippen molar-refractivity contribution in [3.63, 3.8) is 0 Å². The number of carboxylic acid groups (broad SMARTS) is 1. The summed E-state index contributed by atoms with van der Waals surface area (Å²) in [6.07, 6.45) is 1.33. The smallest absolute Gasteiger partial charge is 0.330 e. The lowest BCUT2D eigenvalue weighted by Gasteiger charge is -2.15. The van der Waals surface area contributed by atoms with Crippen molar-refractivity contribution in [3.8, 4) is 0 Å². The van der Waals surface area contributed by atoms with Crippen molar-refractivity contribution < 1.29 is 14.7 Å². The van der Waals surface area contributed by atoms with E-state index in [4.69, 9.17) is 11.6 Å². The van der Waals surface area contributed by atoms with Gasteiger partial charge in [0, 0.05) is 11.9 Å². The van der Waals surface area contributed by atoms with Crippen molar-refractivity contribution in [1.82, 2.24) is 10.3 Å². The van der Waals surface area contributed by atoms with E-state index in [1.54, 1.807) is 43.3 Å². The number of pyridine rings is 1. The Morgan fingerprint density at radius 3 is 2.52 bits per heavy atom. The van der Waals surface area contributed by atoms with Crippen molar-refractivity contribution in [1.29, 1.82) is 0 Å². The Morgan fingerprint density at radius 1 is 1.29 bits per heavy atom. The van der Waals surface area contributed by atoms with Gasteiger partial charge in [0.05, 0.1) is 10.6 Å². The molecule has 0 unspecified atom stereocenters. The van der Waals surface area contributed by atoms with Crippen LogP contribution in [0.5, 0.6) is 0 Å². The lowest BCUT2D eigenvalue weighted by Crippen LogP contribution is -2.34. The topological polar surface area (TPSA) is 79.3 Å². The molecule has 0 spiro atoms. The number of amides is 1. The second-order valence-corrected chi connectivity index (χ2v) is 4.87. The molecule has 1 aromatic carbocycles. The van der Waals surface area contributed by atoms with E-state index in [0.717, 1.165) is 0 Å². The maximum absolute atomic E-state index is 12.2. The molecule has 2 N–H and O–H groups in total. The molecule has 0 aliphatic heterocycles. The molecular formula is C15H13ClN2O3. The zero-order valence-electron chi connectivity index (χ0n) is 11.2. The Hall–Kier alpha value is -2.40. The van der Waals surface area contributed by atoms with Crippen molar-refractivity contribution in [2.24, 2.45) is 0 Å². The van der Waals surface area contributed by atoms with Crippen LogP contribution in [0.3, 0.4) is 0 Å². The van der Waals surface area contributed by atoms with Crippen molar-refractivity contribution in [2.75, 3.05) is 0 Å². The van der Waals surface area contributed by atoms with E-state index in [1.807, 2.05) is 0 Å². The molecule has 0 saturated heterocycles. The number of nitrogens with one attached hydrogen (secondary N) is 1. The van der Waals surface area contributed by atoms with E-state index in [-0.39, 0.29) is 10.6 Å². The number of carbonyl (C=O) groups excluding carboxylic acids is 1. The number of hydrogen-bond donors (Lipinski definition) is 2. The summed E-state index contributed by atoms with van der Waals surface area (Å²) in [5, 5.41) is 12.0. The third-order valence-corrected chi connectivity index (χ3v) is 3.20. The second-order valence-electron chi connectivity index (χ2n) is 4.46. The van der Waals surface area contributed by atoms with Crippen LogP contribution in [-0.4, -0.2) is 22.0 Å². The normalized spacial score (nSPS) is 11.7. The van der Waals surface area contributed by atoms with Gasteiger partial charge in [-0.15, -0.1) is 0 Å². The first kappa shape index (κ1) is 15.0. The number of halogens is 1. The quantitative estimate of drug-likeness (QED) is 0.910. The van der Waals surface area contributed by atoms with Gasteiger partial charge in [0.15, 0.2) is 6.04 Å². The molecule has 2 aromatic rings. The molecule has 6 heteroatoms. The van der Waals surface area contributed by atoms with Crippen LogP contribution in [0.1, 0.15) is 27.7 Å².